The fourth-order valence-electron chi connectivity index (χ4n) is 5.30. The number of imide groups is 1. The van der Waals surface area contributed by atoms with Gasteiger partial charge in [0.25, 0.3) is 0 Å². The van der Waals surface area contributed by atoms with E-state index in [1.165, 1.54) is 33.7 Å². The van der Waals surface area contributed by atoms with Gasteiger partial charge >= 0.3 is 4.87 Å². The molecule has 0 radical (unpaired) electrons. The SMILES string of the molecule is Cc1ccc(N2C(=O)[C@@H]3[C@H](c4ccccc4)c4sc(=O)n(CC(=O)Nc5ccc(S(N)(=O)=O)cc5)c4S[C@@H]3C2=O)cc1. The zero-order valence-electron chi connectivity index (χ0n) is 22.1. The number of hydrogen-bond donors (Lipinski definition) is 2. The molecule has 10 nitrogen and oxygen atoms in total. The third-order valence-corrected chi connectivity index (χ3v) is 10.8. The van der Waals surface area contributed by atoms with Crippen LogP contribution in [-0.4, -0.2) is 36.0 Å². The molecule has 0 spiro atoms. The number of nitrogens with two attached hydrogens (primary N) is 1. The van der Waals surface area contributed by atoms with Gasteiger partial charge < -0.3 is 5.32 Å². The van der Waals surface area contributed by atoms with E-state index >= 15 is 0 Å². The molecule has 13 heteroatoms. The number of fused-ring (bicyclic) bond motifs is 2. The molecule has 3 heterocycles. The summed E-state index contributed by atoms with van der Waals surface area (Å²) in [6, 6.07) is 21.8. The van der Waals surface area contributed by atoms with Gasteiger partial charge in [-0.1, -0.05) is 71.1 Å². The van der Waals surface area contributed by atoms with Crippen molar-refractivity contribution < 1.29 is 22.8 Å². The van der Waals surface area contributed by atoms with Crippen molar-refractivity contribution in [3.63, 3.8) is 0 Å². The highest BCUT2D eigenvalue weighted by Gasteiger charge is 2.56. The Kier molecular flexibility index (Phi) is 7.13. The van der Waals surface area contributed by atoms with E-state index in [4.69, 9.17) is 5.14 Å². The van der Waals surface area contributed by atoms with Crippen LogP contribution in [-0.2, 0) is 31.0 Å². The summed E-state index contributed by atoms with van der Waals surface area (Å²) in [6.45, 7) is 1.59. The molecular weight excluding hydrogens is 597 g/mol. The smallest absolute Gasteiger partial charge is 0.308 e. The highest BCUT2D eigenvalue weighted by Crippen LogP contribution is 2.53. The number of sulfonamides is 1. The van der Waals surface area contributed by atoms with E-state index in [1.807, 2.05) is 49.4 Å². The minimum Gasteiger partial charge on any atom is -0.325 e. The lowest BCUT2D eigenvalue weighted by Gasteiger charge is -2.30. The lowest BCUT2D eigenvalue weighted by atomic mass is 9.83. The Labute approximate surface area is 249 Å². The zero-order chi connectivity index (χ0) is 29.8. The predicted octanol–water partition coefficient (Wildman–Crippen LogP) is 3.30. The minimum atomic E-state index is -3.89. The summed E-state index contributed by atoms with van der Waals surface area (Å²) in [7, 11) is -3.89. The van der Waals surface area contributed by atoms with Crippen LogP contribution in [0.5, 0.6) is 0 Å². The second kappa shape index (κ2) is 10.7. The summed E-state index contributed by atoms with van der Waals surface area (Å²) in [4.78, 5) is 55.3. The first kappa shape index (κ1) is 28.1. The third-order valence-electron chi connectivity index (χ3n) is 7.27. The number of nitrogens with one attached hydrogen (secondary N) is 1. The summed E-state index contributed by atoms with van der Waals surface area (Å²) in [6.07, 6.45) is 0. The summed E-state index contributed by atoms with van der Waals surface area (Å²) in [5, 5.41) is 7.49. The number of anilines is 2. The summed E-state index contributed by atoms with van der Waals surface area (Å²) >= 11 is 2.11. The van der Waals surface area contributed by atoms with Crippen molar-refractivity contribution in [1.82, 2.24) is 4.57 Å². The number of aryl methyl sites for hydroxylation is 1. The quantitative estimate of drug-likeness (QED) is 0.314. The highest BCUT2D eigenvalue weighted by atomic mass is 32.2. The van der Waals surface area contributed by atoms with Crippen molar-refractivity contribution in [2.24, 2.45) is 11.1 Å². The Balaban J connectivity index is 1.35. The van der Waals surface area contributed by atoms with Gasteiger partial charge in [0, 0.05) is 16.5 Å². The second-order valence-corrected chi connectivity index (χ2v) is 13.7. The number of thioether (sulfide) groups is 1. The first-order valence-electron chi connectivity index (χ1n) is 12.9. The molecule has 4 aromatic rings. The van der Waals surface area contributed by atoms with Gasteiger partial charge in [-0.2, -0.15) is 0 Å². The van der Waals surface area contributed by atoms with Crippen LogP contribution in [0.2, 0.25) is 0 Å². The van der Waals surface area contributed by atoms with Crippen molar-refractivity contribution in [2.45, 2.75) is 34.6 Å². The van der Waals surface area contributed by atoms with Crippen LogP contribution < -0.4 is 20.2 Å². The number of carbonyl (C=O) groups excluding carboxylic acids is 3. The molecule has 42 heavy (non-hydrogen) atoms. The summed E-state index contributed by atoms with van der Waals surface area (Å²) in [5.74, 6) is -2.48. The summed E-state index contributed by atoms with van der Waals surface area (Å²) in [5.41, 5.74) is 2.61. The maximum atomic E-state index is 13.9. The molecule has 0 unspecified atom stereocenters. The molecule has 1 fully saturated rings. The Hall–Kier alpha value is -4.04. The molecule has 3 aromatic carbocycles. The number of aromatic nitrogens is 1. The fourth-order valence-corrected chi connectivity index (χ4v) is 8.58. The molecule has 214 valence electrons. The first-order chi connectivity index (χ1) is 20.0. The molecule has 3 atom stereocenters. The highest BCUT2D eigenvalue weighted by molar-refractivity contribution is 8.00. The van der Waals surface area contributed by atoms with Crippen molar-refractivity contribution >= 4 is 62.2 Å². The topological polar surface area (TPSA) is 149 Å². The van der Waals surface area contributed by atoms with Gasteiger partial charge in [-0.15, -0.1) is 0 Å². The molecule has 3 amide bonds. The number of hydrogen-bond acceptors (Lipinski definition) is 8. The molecule has 0 bridgehead atoms. The normalized spacial score (nSPS) is 19.9. The van der Waals surface area contributed by atoms with E-state index in [0.29, 0.717) is 21.3 Å². The molecule has 2 aliphatic rings. The van der Waals surface area contributed by atoms with Crippen LogP contribution in [0.1, 0.15) is 21.9 Å². The van der Waals surface area contributed by atoms with E-state index in [0.717, 1.165) is 34.2 Å². The number of amides is 3. The first-order valence-corrected chi connectivity index (χ1v) is 16.1. The molecule has 6 rings (SSSR count). The average Bonchev–Trinajstić information content (AvgIpc) is 3.40. The van der Waals surface area contributed by atoms with E-state index in [-0.39, 0.29) is 28.1 Å². The molecule has 1 aromatic heterocycles. The largest absolute Gasteiger partial charge is 0.325 e. The molecule has 2 aliphatic heterocycles. The Bertz CT molecular complexity index is 1880. The molecule has 0 aliphatic carbocycles. The van der Waals surface area contributed by atoms with Gasteiger partial charge in [-0.25, -0.2) is 18.5 Å². The standard InChI is InChI=1S/C29H24N4O6S3/c1-16-7-11-19(12-8-16)33-26(35)23-22(17-5-3-2-4-6-17)25-28(40-24(23)27(33)36)32(29(37)41-25)15-21(34)31-18-9-13-20(14-10-18)42(30,38)39/h2-14,22-24H,15H2,1H3,(H,31,34)(H2,30,38,39)/t22-,23+,24-/m0/s1. The lowest BCUT2D eigenvalue weighted by Crippen LogP contribution is -2.33. The van der Waals surface area contributed by atoms with Crippen LogP contribution in [0.3, 0.4) is 0 Å². The van der Waals surface area contributed by atoms with Gasteiger partial charge in [0.2, 0.25) is 27.7 Å². The van der Waals surface area contributed by atoms with E-state index < -0.39 is 33.0 Å². The number of nitrogens with zero attached hydrogens (tertiary/aromatic N) is 2. The minimum absolute atomic E-state index is 0.100. The number of primary sulfonamides is 1. The van der Waals surface area contributed by atoms with Gasteiger partial charge in [0.1, 0.15) is 11.8 Å². The summed E-state index contributed by atoms with van der Waals surface area (Å²) < 4.78 is 24.4. The number of rotatable bonds is 6. The third kappa shape index (κ3) is 4.98. The van der Waals surface area contributed by atoms with Crippen LogP contribution >= 0.6 is 23.1 Å². The molecule has 1 saturated heterocycles. The van der Waals surface area contributed by atoms with E-state index in [1.54, 1.807) is 12.1 Å². The van der Waals surface area contributed by atoms with Crippen molar-refractivity contribution in [1.29, 1.82) is 0 Å². The van der Waals surface area contributed by atoms with Crippen molar-refractivity contribution in [3.05, 3.63) is 105 Å². The Morgan fingerprint density at radius 3 is 2.24 bits per heavy atom. The second-order valence-electron chi connectivity index (χ2n) is 10.0. The number of benzene rings is 3. The lowest BCUT2D eigenvalue weighted by molar-refractivity contribution is -0.122. The monoisotopic (exact) mass is 620 g/mol. The van der Waals surface area contributed by atoms with Gasteiger partial charge in [-0.3, -0.25) is 23.7 Å². The van der Waals surface area contributed by atoms with Crippen molar-refractivity contribution in [2.75, 3.05) is 10.2 Å². The van der Waals surface area contributed by atoms with Crippen LogP contribution in [0, 0.1) is 12.8 Å². The average molecular weight is 621 g/mol. The van der Waals surface area contributed by atoms with Crippen molar-refractivity contribution in [3.8, 4) is 0 Å². The van der Waals surface area contributed by atoms with E-state index in [2.05, 4.69) is 5.32 Å². The maximum absolute atomic E-state index is 13.9. The Morgan fingerprint density at radius 2 is 1.60 bits per heavy atom. The van der Waals surface area contributed by atoms with Crippen LogP contribution in [0.4, 0.5) is 11.4 Å². The van der Waals surface area contributed by atoms with Gasteiger partial charge in [0.15, 0.2) is 0 Å². The fraction of sp³-hybridized carbons (Fsp3) is 0.172. The Morgan fingerprint density at radius 1 is 0.929 bits per heavy atom. The number of thiazole rings is 1. The maximum Gasteiger partial charge on any atom is 0.308 e. The van der Waals surface area contributed by atoms with Crippen LogP contribution in [0.15, 0.2) is 93.6 Å². The van der Waals surface area contributed by atoms with Crippen LogP contribution in [0.25, 0.3) is 0 Å². The molecule has 3 N–H and O–H groups in total. The molecule has 0 saturated carbocycles. The zero-order valence-corrected chi connectivity index (χ0v) is 24.5. The van der Waals surface area contributed by atoms with E-state index in [9.17, 15) is 27.6 Å². The van der Waals surface area contributed by atoms with Gasteiger partial charge in [0.05, 0.1) is 21.5 Å². The predicted molar refractivity (Wildman–Crippen MR) is 160 cm³/mol. The van der Waals surface area contributed by atoms with Gasteiger partial charge in [-0.05, 0) is 48.9 Å². The number of carbonyl (C=O) groups is 3. The molecular formula is C29H24N4O6S3.